The predicted octanol–water partition coefficient (Wildman–Crippen LogP) is 3.73. The fraction of sp³-hybridized carbons (Fsp3) is 0.167. The molecule has 0 spiro atoms. The molecule has 2 rings (SSSR count). The van der Waals surface area contributed by atoms with Gasteiger partial charge >= 0.3 is 5.97 Å². The highest BCUT2D eigenvalue weighted by Crippen LogP contribution is 2.22. The van der Waals surface area contributed by atoms with Gasteiger partial charge < -0.3 is 14.8 Å². The van der Waals surface area contributed by atoms with Gasteiger partial charge in [0, 0.05) is 10.0 Å². The Hall–Kier alpha value is -2.75. The average Bonchev–Trinajstić information content (AvgIpc) is 2.59. The molecular weight excluding hydrogens is 379 g/mol. The summed E-state index contributed by atoms with van der Waals surface area (Å²) in [5.41, 5.74) is 1.26. The third-order valence-electron chi connectivity index (χ3n) is 3.22. The molecule has 0 aliphatic rings. The molecule has 6 nitrogen and oxygen atoms in total. The summed E-state index contributed by atoms with van der Waals surface area (Å²) in [7, 11) is 0. The molecule has 26 heavy (non-hydrogen) atoms. The molecule has 1 N–H and O–H groups in total. The molecular formula is C18H14Cl2N2O4. The number of ether oxygens (including phenoxy) is 2. The number of nitrogens with zero attached hydrogens (tertiary/aromatic N) is 1. The summed E-state index contributed by atoms with van der Waals surface area (Å²) in [6.45, 7) is 0.924. The van der Waals surface area contributed by atoms with E-state index in [4.69, 9.17) is 37.9 Å². The van der Waals surface area contributed by atoms with Crippen molar-refractivity contribution in [3.05, 3.63) is 57.6 Å². The summed E-state index contributed by atoms with van der Waals surface area (Å²) in [4.78, 5) is 23.6. The number of carbonyl (C=O) groups excluding carboxylic acids is 2. The molecule has 2 aromatic carbocycles. The number of carbonyl (C=O) groups is 2. The molecule has 1 amide bonds. The van der Waals surface area contributed by atoms with E-state index in [9.17, 15) is 9.59 Å². The van der Waals surface area contributed by atoms with Crippen molar-refractivity contribution in [2.24, 2.45) is 0 Å². The molecule has 0 aliphatic heterocycles. The zero-order valence-corrected chi connectivity index (χ0v) is 15.2. The van der Waals surface area contributed by atoms with E-state index in [2.05, 4.69) is 5.32 Å². The van der Waals surface area contributed by atoms with Gasteiger partial charge in [0.25, 0.3) is 5.91 Å². The second-order valence-electron chi connectivity index (χ2n) is 5.21. The van der Waals surface area contributed by atoms with Crippen molar-refractivity contribution >= 4 is 40.8 Å². The van der Waals surface area contributed by atoms with Gasteiger partial charge in [-0.1, -0.05) is 23.2 Å². The maximum atomic E-state index is 11.9. The number of esters is 1. The van der Waals surface area contributed by atoms with Gasteiger partial charge in [0.15, 0.2) is 13.2 Å². The monoisotopic (exact) mass is 392 g/mol. The molecule has 0 fully saturated rings. The Morgan fingerprint density at radius 2 is 1.81 bits per heavy atom. The lowest BCUT2D eigenvalue weighted by molar-refractivity contribution is -0.149. The highest BCUT2D eigenvalue weighted by Gasteiger charge is 2.12. The number of aryl methyl sites for hydroxylation is 1. The van der Waals surface area contributed by atoms with Crippen LogP contribution in [0, 0.1) is 18.3 Å². The van der Waals surface area contributed by atoms with Gasteiger partial charge in [0.1, 0.15) is 11.8 Å². The van der Waals surface area contributed by atoms with Gasteiger partial charge in [-0.2, -0.15) is 5.26 Å². The first kappa shape index (κ1) is 19.6. The lowest BCUT2D eigenvalue weighted by Gasteiger charge is -2.10. The largest absolute Gasteiger partial charge is 0.482 e. The molecule has 0 atom stereocenters. The minimum absolute atomic E-state index is 0.245. The fourth-order valence-corrected chi connectivity index (χ4v) is 2.40. The van der Waals surface area contributed by atoms with Crippen LogP contribution in [0.1, 0.15) is 11.1 Å². The number of benzene rings is 2. The number of nitriles is 1. The van der Waals surface area contributed by atoms with Gasteiger partial charge in [-0.3, -0.25) is 4.79 Å². The first-order valence-electron chi connectivity index (χ1n) is 7.43. The summed E-state index contributed by atoms with van der Waals surface area (Å²) < 4.78 is 10.2. The van der Waals surface area contributed by atoms with E-state index in [-0.39, 0.29) is 17.9 Å². The van der Waals surface area contributed by atoms with Gasteiger partial charge in [-0.25, -0.2) is 4.79 Å². The van der Waals surface area contributed by atoms with Gasteiger partial charge in [0.05, 0.1) is 11.3 Å². The molecule has 0 heterocycles. The van der Waals surface area contributed by atoms with Crippen LogP contribution in [-0.4, -0.2) is 25.1 Å². The van der Waals surface area contributed by atoms with E-state index in [1.165, 1.54) is 18.2 Å². The van der Waals surface area contributed by atoms with Crippen LogP contribution < -0.4 is 10.1 Å². The number of nitrogens with one attached hydrogen (secondary N) is 1. The minimum atomic E-state index is -0.707. The Bertz CT molecular complexity index is 878. The molecule has 0 bridgehead atoms. The van der Waals surface area contributed by atoms with Crippen molar-refractivity contribution in [3.63, 3.8) is 0 Å². The van der Waals surface area contributed by atoms with E-state index in [0.29, 0.717) is 15.8 Å². The lowest BCUT2D eigenvalue weighted by atomic mass is 10.2. The molecule has 0 aliphatic carbocycles. The van der Waals surface area contributed by atoms with Gasteiger partial charge in [0.2, 0.25) is 0 Å². The first-order valence-corrected chi connectivity index (χ1v) is 8.18. The predicted molar refractivity (Wildman–Crippen MR) is 97.4 cm³/mol. The molecule has 0 unspecified atom stereocenters. The third kappa shape index (κ3) is 5.66. The van der Waals surface area contributed by atoms with Crippen molar-refractivity contribution in [1.29, 1.82) is 5.26 Å². The molecule has 0 radical (unpaired) electrons. The Kier molecular flexibility index (Phi) is 6.84. The number of amides is 1. The average molecular weight is 393 g/mol. The van der Waals surface area contributed by atoms with E-state index >= 15 is 0 Å². The maximum Gasteiger partial charge on any atom is 0.344 e. The van der Waals surface area contributed by atoms with Crippen LogP contribution in [0.2, 0.25) is 10.0 Å². The number of rotatable bonds is 6. The first-order chi connectivity index (χ1) is 12.4. The van der Waals surface area contributed by atoms with Crippen LogP contribution >= 0.6 is 23.2 Å². The van der Waals surface area contributed by atoms with Crippen molar-refractivity contribution in [2.75, 3.05) is 18.5 Å². The van der Waals surface area contributed by atoms with Crippen LogP contribution in [0.5, 0.6) is 5.75 Å². The maximum absolute atomic E-state index is 11.9. The van der Waals surface area contributed by atoms with Crippen LogP contribution in [-0.2, 0) is 14.3 Å². The number of hydrogen-bond acceptors (Lipinski definition) is 5. The molecule has 0 saturated carbocycles. The minimum Gasteiger partial charge on any atom is -0.482 e. The Morgan fingerprint density at radius 3 is 2.50 bits per heavy atom. The highest BCUT2D eigenvalue weighted by atomic mass is 35.5. The third-order valence-corrected chi connectivity index (χ3v) is 3.69. The summed E-state index contributed by atoms with van der Waals surface area (Å²) in [5.74, 6) is -0.811. The zero-order valence-electron chi connectivity index (χ0n) is 13.7. The second kappa shape index (κ2) is 9.09. The van der Waals surface area contributed by atoms with Gasteiger partial charge in [-0.05, 0) is 48.9 Å². The van der Waals surface area contributed by atoms with E-state index < -0.39 is 18.5 Å². The van der Waals surface area contributed by atoms with Crippen LogP contribution in [0.15, 0.2) is 36.4 Å². The molecule has 134 valence electrons. The second-order valence-corrected chi connectivity index (χ2v) is 6.08. The SMILES string of the molecule is Cc1cc(Cl)ccc1OCC(=O)OCC(=O)Nc1cc(Cl)ccc1C#N. The van der Waals surface area contributed by atoms with Crippen molar-refractivity contribution in [3.8, 4) is 11.8 Å². The van der Waals surface area contributed by atoms with E-state index in [1.54, 1.807) is 25.1 Å². The smallest absolute Gasteiger partial charge is 0.344 e. The van der Waals surface area contributed by atoms with Gasteiger partial charge in [-0.15, -0.1) is 0 Å². The lowest BCUT2D eigenvalue weighted by Crippen LogP contribution is -2.24. The highest BCUT2D eigenvalue weighted by molar-refractivity contribution is 6.31. The molecule has 0 aromatic heterocycles. The summed E-state index contributed by atoms with van der Waals surface area (Å²) in [6.07, 6.45) is 0. The van der Waals surface area contributed by atoms with Crippen molar-refractivity contribution < 1.29 is 19.1 Å². The molecule has 8 heteroatoms. The molecule has 2 aromatic rings. The van der Waals surface area contributed by atoms with E-state index in [0.717, 1.165) is 5.56 Å². The Labute approximate surface area is 160 Å². The summed E-state index contributed by atoms with van der Waals surface area (Å²) in [6, 6.07) is 11.4. The van der Waals surface area contributed by atoms with Crippen LogP contribution in [0.3, 0.4) is 0 Å². The summed E-state index contributed by atoms with van der Waals surface area (Å²) >= 11 is 11.7. The number of anilines is 1. The fourth-order valence-electron chi connectivity index (χ4n) is 2.00. The van der Waals surface area contributed by atoms with Crippen LogP contribution in [0.4, 0.5) is 5.69 Å². The van der Waals surface area contributed by atoms with E-state index in [1.807, 2.05) is 6.07 Å². The Morgan fingerprint density at radius 1 is 1.12 bits per heavy atom. The summed E-state index contributed by atoms with van der Waals surface area (Å²) in [5, 5.41) is 12.4. The number of hydrogen-bond donors (Lipinski definition) is 1. The van der Waals surface area contributed by atoms with Crippen LogP contribution in [0.25, 0.3) is 0 Å². The zero-order chi connectivity index (χ0) is 19.1. The topological polar surface area (TPSA) is 88.4 Å². The quantitative estimate of drug-likeness (QED) is 0.756. The van der Waals surface area contributed by atoms with Crippen molar-refractivity contribution in [1.82, 2.24) is 0 Å². The standard InChI is InChI=1S/C18H14Cl2N2O4/c1-11-6-13(19)4-5-16(11)25-10-18(24)26-9-17(23)22-15-7-14(20)3-2-12(15)8-21/h2-7H,9-10H2,1H3,(H,22,23). The normalized spacial score (nSPS) is 9.92. The van der Waals surface area contributed by atoms with Crippen molar-refractivity contribution in [2.45, 2.75) is 6.92 Å². The number of halogens is 2. The Balaban J connectivity index is 1.83. The molecule has 0 saturated heterocycles.